The van der Waals surface area contributed by atoms with Crippen molar-refractivity contribution in [2.24, 2.45) is 0 Å². The van der Waals surface area contributed by atoms with E-state index in [0.717, 1.165) is 18.4 Å². The first-order chi connectivity index (χ1) is 8.13. The standard InChI is InChI=1S/C14H20O3/c1-3-4-9-17-14(16)10-11(2)12-5-7-13(15)8-6-12/h5-8,11,15H,3-4,9-10H2,1-2H3. The lowest BCUT2D eigenvalue weighted by molar-refractivity contribution is -0.144. The van der Waals surface area contributed by atoms with Gasteiger partial charge in [0, 0.05) is 0 Å². The van der Waals surface area contributed by atoms with Gasteiger partial charge in [0.15, 0.2) is 0 Å². The van der Waals surface area contributed by atoms with Gasteiger partial charge in [-0.2, -0.15) is 0 Å². The van der Waals surface area contributed by atoms with Crippen LogP contribution in [-0.4, -0.2) is 17.7 Å². The second kappa shape index (κ2) is 6.94. The van der Waals surface area contributed by atoms with E-state index in [1.165, 1.54) is 0 Å². The number of unbranched alkanes of at least 4 members (excludes halogenated alkanes) is 1. The fourth-order valence-corrected chi connectivity index (χ4v) is 1.56. The maximum atomic E-state index is 11.5. The Morgan fingerprint density at radius 2 is 2.00 bits per heavy atom. The first-order valence-corrected chi connectivity index (χ1v) is 6.08. The van der Waals surface area contributed by atoms with Gasteiger partial charge in [0.25, 0.3) is 0 Å². The summed E-state index contributed by atoms with van der Waals surface area (Å²) in [5, 5.41) is 9.17. The highest BCUT2D eigenvalue weighted by atomic mass is 16.5. The van der Waals surface area contributed by atoms with Crippen molar-refractivity contribution in [1.29, 1.82) is 0 Å². The van der Waals surface area contributed by atoms with Gasteiger partial charge in [0.1, 0.15) is 5.75 Å². The summed E-state index contributed by atoms with van der Waals surface area (Å²) in [5.41, 5.74) is 1.04. The van der Waals surface area contributed by atoms with E-state index >= 15 is 0 Å². The molecule has 0 bridgehead atoms. The van der Waals surface area contributed by atoms with Crippen molar-refractivity contribution >= 4 is 5.97 Å². The molecular weight excluding hydrogens is 216 g/mol. The van der Waals surface area contributed by atoms with Crippen LogP contribution in [0.2, 0.25) is 0 Å². The summed E-state index contributed by atoms with van der Waals surface area (Å²) in [6, 6.07) is 6.93. The zero-order chi connectivity index (χ0) is 12.7. The lowest BCUT2D eigenvalue weighted by Gasteiger charge is -2.11. The number of ether oxygens (including phenoxy) is 1. The van der Waals surface area contributed by atoms with Gasteiger partial charge in [-0.05, 0) is 30.0 Å². The van der Waals surface area contributed by atoms with E-state index in [9.17, 15) is 9.90 Å². The van der Waals surface area contributed by atoms with Crippen molar-refractivity contribution in [2.45, 2.75) is 39.0 Å². The molecule has 0 saturated heterocycles. The predicted molar refractivity (Wildman–Crippen MR) is 67.0 cm³/mol. The van der Waals surface area contributed by atoms with E-state index in [1.807, 2.05) is 19.1 Å². The van der Waals surface area contributed by atoms with E-state index < -0.39 is 0 Å². The number of carbonyl (C=O) groups excluding carboxylic acids is 1. The third-order valence-corrected chi connectivity index (χ3v) is 2.70. The summed E-state index contributed by atoms with van der Waals surface area (Å²) < 4.78 is 5.11. The third kappa shape index (κ3) is 4.89. The van der Waals surface area contributed by atoms with Gasteiger partial charge in [-0.3, -0.25) is 4.79 Å². The lowest BCUT2D eigenvalue weighted by atomic mass is 9.98. The zero-order valence-corrected chi connectivity index (χ0v) is 10.5. The molecule has 0 fully saturated rings. The van der Waals surface area contributed by atoms with Gasteiger partial charge >= 0.3 is 5.97 Å². The Bertz CT molecular complexity index is 343. The average Bonchev–Trinajstić information content (AvgIpc) is 2.30. The van der Waals surface area contributed by atoms with Crippen LogP contribution in [0.15, 0.2) is 24.3 Å². The van der Waals surface area contributed by atoms with Gasteiger partial charge in [-0.25, -0.2) is 0 Å². The molecule has 3 nitrogen and oxygen atoms in total. The van der Waals surface area contributed by atoms with Crippen molar-refractivity contribution in [3.8, 4) is 5.75 Å². The first kappa shape index (κ1) is 13.6. The smallest absolute Gasteiger partial charge is 0.306 e. The molecule has 0 aliphatic carbocycles. The van der Waals surface area contributed by atoms with Crippen LogP contribution in [0.25, 0.3) is 0 Å². The van der Waals surface area contributed by atoms with Gasteiger partial charge < -0.3 is 9.84 Å². The number of rotatable bonds is 6. The molecule has 0 heterocycles. The molecule has 0 saturated carbocycles. The molecule has 1 atom stereocenters. The monoisotopic (exact) mass is 236 g/mol. The highest BCUT2D eigenvalue weighted by Crippen LogP contribution is 2.21. The lowest BCUT2D eigenvalue weighted by Crippen LogP contribution is -2.09. The van der Waals surface area contributed by atoms with E-state index in [4.69, 9.17) is 4.74 Å². The molecule has 1 aromatic rings. The molecule has 1 unspecified atom stereocenters. The third-order valence-electron chi connectivity index (χ3n) is 2.70. The second-order valence-electron chi connectivity index (χ2n) is 4.27. The van der Waals surface area contributed by atoms with Gasteiger partial charge in [0.2, 0.25) is 0 Å². The van der Waals surface area contributed by atoms with Crippen LogP contribution >= 0.6 is 0 Å². The van der Waals surface area contributed by atoms with Crippen LogP contribution in [0.5, 0.6) is 5.75 Å². The molecule has 3 heteroatoms. The Morgan fingerprint density at radius 1 is 1.35 bits per heavy atom. The minimum Gasteiger partial charge on any atom is -0.508 e. The molecule has 0 spiro atoms. The summed E-state index contributed by atoms with van der Waals surface area (Å²) in [5.74, 6) is 0.204. The number of carbonyl (C=O) groups is 1. The largest absolute Gasteiger partial charge is 0.508 e. The minimum atomic E-state index is -0.154. The molecule has 1 aromatic carbocycles. The fourth-order valence-electron chi connectivity index (χ4n) is 1.56. The SMILES string of the molecule is CCCCOC(=O)CC(C)c1ccc(O)cc1. The summed E-state index contributed by atoms with van der Waals surface area (Å²) >= 11 is 0. The van der Waals surface area contributed by atoms with Gasteiger partial charge in [-0.15, -0.1) is 0 Å². The van der Waals surface area contributed by atoms with E-state index in [0.29, 0.717) is 13.0 Å². The molecule has 1 rings (SSSR count). The van der Waals surface area contributed by atoms with Crippen molar-refractivity contribution in [2.75, 3.05) is 6.61 Å². The highest BCUT2D eigenvalue weighted by Gasteiger charge is 2.12. The highest BCUT2D eigenvalue weighted by molar-refractivity contribution is 5.70. The van der Waals surface area contributed by atoms with E-state index in [2.05, 4.69) is 6.92 Å². The number of esters is 1. The molecule has 0 aromatic heterocycles. The molecule has 0 amide bonds. The number of hydrogen-bond donors (Lipinski definition) is 1. The van der Waals surface area contributed by atoms with Crippen LogP contribution in [0, 0.1) is 0 Å². The molecule has 17 heavy (non-hydrogen) atoms. The van der Waals surface area contributed by atoms with Crippen molar-refractivity contribution in [1.82, 2.24) is 0 Å². The minimum absolute atomic E-state index is 0.115. The number of phenolic OH excluding ortho intramolecular Hbond substituents is 1. The van der Waals surface area contributed by atoms with Crippen molar-refractivity contribution in [3.05, 3.63) is 29.8 Å². The summed E-state index contributed by atoms with van der Waals surface area (Å²) in [7, 11) is 0. The molecule has 0 aliphatic heterocycles. The topological polar surface area (TPSA) is 46.5 Å². The first-order valence-electron chi connectivity index (χ1n) is 6.08. The summed E-state index contributed by atoms with van der Waals surface area (Å²) in [6.45, 7) is 4.55. The van der Waals surface area contributed by atoms with Gasteiger partial charge in [-0.1, -0.05) is 32.4 Å². The van der Waals surface area contributed by atoms with Crippen molar-refractivity contribution < 1.29 is 14.6 Å². The molecule has 1 N–H and O–H groups in total. The Kier molecular flexibility index (Phi) is 5.53. The Morgan fingerprint density at radius 3 is 2.59 bits per heavy atom. The fraction of sp³-hybridized carbons (Fsp3) is 0.500. The van der Waals surface area contributed by atoms with Crippen LogP contribution in [0.1, 0.15) is 44.6 Å². The average molecular weight is 236 g/mol. The molecule has 94 valence electrons. The molecule has 0 radical (unpaired) electrons. The molecule has 0 aliphatic rings. The summed E-state index contributed by atoms with van der Waals surface area (Å²) in [4.78, 5) is 11.5. The number of hydrogen-bond acceptors (Lipinski definition) is 3. The zero-order valence-electron chi connectivity index (χ0n) is 10.5. The second-order valence-corrected chi connectivity index (χ2v) is 4.27. The number of benzene rings is 1. The van der Waals surface area contributed by atoms with E-state index in [1.54, 1.807) is 12.1 Å². The number of phenols is 1. The number of aromatic hydroxyl groups is 1. The van der Waals surface area contributed by atoms with E-state index in [-0.39, 0.29) is 17.6 Å². The predicted octanol–water partition coefficient (Wildman–Crippen LogP) is 3.23. The Balaban J connectivity index is 2.40. The van der Waals surface area contributed by atoms with Crippen LogP contribution in [0.3, 0.4) is 0 Å². The Labute approximate surface area is 102 Å². The van der Waals surface area contributed by atoms with Gasteiger partial charge in [0.05, 0.1) is 13.0 Å². The maximum absolute atomic E-state index is 11.5. The van der Waals surface area contributed by atoms with Crippen LogP contribution in [0.4, 0.5) is 0 Å². The molecular formula is C14H20O3. The van der Waals surface area contributed by atoms with Crippen LogP contribution in [-0.2, 0) is 9.53 Å². The quantitative estimate of drug-likeness (QED) is 0.609. The Hall–Kier alpha value is -1.51. The normalized spacial score (nSPS) is 12.1. The van der Waals surface area contributed by atoms with Crippen LogP contribution < -0.4 is 0 Å². The maximum Gasteiger partial charge on any atom is 0.306 e. The van der Waals surface area contributed by atoms with Crippen molar-refractivity contribution in [3.63, 3.8) is 0 Å². The summed E-state index contributed by atoms with van der Waals surface area (Å²) in [6.07, 6.45) is 2.33.